The van der Waals surface area contributed by atoms with E-state index in [1.165, 1.54) is 4.90 Å². The van der Waals surface area contributed by atoms with Crippen molar-refractivity contribution in [1.82, 2.24) is 4.90 Å². The molecule has 3 amide bonds. The van der Waals surface area contributed by atoms with Crippen molar-refractivity contribution in [3.8, 4) is 5.75 Å². The fraction of sp³-hybridized carbons (Fsp3) is 0.250. The van der Waals surface area contributed by atoms with Crippen LogP contribution in [0.3, 0.4) is 0 Å². The first-order valence-corrected chi connectivity index (χ1v) is 8.87. The smallest absolute Gasteiger partial charge is 0.469 e. The lowest BCUT2D eigenvalue weighted by Gasteiger charge is -2.26. The Morgan fingerprint density at radius 2 is 1.81 bits per heavy atom. The van der Waals surface area contributed by atoms with Crippen LogP contribution in [0.25, 0.3) is 0 Å². The van der Waals surface area contributed by atoms with Crippen molar-refractivity contribution in [2.24, 2.45) is 0 Å². The molecule has 2 aliphatic heterocycles. The Kier molecular flexibility index (Phi) is 4.04. The second kappa shape index (κ2) is 6.25. The minimum atomic E-state index is -0.792. The summed E-state index contributed by atoms with van der Waals surface area (Å²) in [5, 5.41) is 0.637. The van der Waals surface area contributed by atoms with Gasteiger partial charge in [-0.3, -0.25) is 0 Å². The summed E-state index contributed by atoms with van der Waals surface area (Å²) in [4.78, 5) is 27.3. The van der Waals surface area contributed by atoms with Gasteiger partial charge in [-0.1, -0.05) is 35.9 Å². The number of fused-ring (bicyclic) bond motifs is 3. The maximum absolute atomic E-state index is 13.1. The van der Waals surface area contributed by atoms with Crippen LogP contribution in [-0.2, 0) is 11.3 Å². The fourth-order valence-electron chi connectivity index (χ4n) is 3.41. The first kappa shape index (κ1) is 16.8. The lowest BCUT2D eigenvalue weighted by atomic mass is 10.0. The largest absolute Gasteiger partial charge is 0.501 e. The molecule has 0 spiro atoms. The molecule has 1 atom stereocenters. The molecule has 2 aromatic rings. The second-order valence-corrected chi connectivity index (χ2v) is 7.11. The number of ether oxygens (including phenoxy) is 1. The van der Waals surface area contributed by atoms with E-state index in [1.54, 1.807) is 16.7 Å². The molecule has 26 heavy (non-hydrogen) atoms. The number of halogens is 1. The van der Waals surface area contributed by atoms with Crippen LogP contribution in [0.15, 0.2) is 48.5 Å². The zero-order chi connectivity index (χ0) is 18.4. The third-order valence-corrected chi connectivity index (χ3v) is 4.87. The van der Waals surface area contributed by atoms with Gasteiger partial charge in [0, 0.05) is 5.02 Å². The van der Waals surface area contributed by atoms with Crippen LogP contribution in [0, 0.1) is 0 Å². The van der Waals surface area contributed by atoms with E-state index >= 15 is 0 Å². The van der Waals surface area contributed by atoms with E-state index in [1.807, 2.05) is 50.2 Å². The number of para-hydroxylation sites is 1. The number of benzene rings is 2. The van der Waals surface area contributed by atoms with Gasteiger partial charge in [0.1, 0.15) is 18.3 Å². The molecule has 0 saturated heterocycles. The van der Waals surface area contributed by atoms with Crippen molar-refractivity contribution < 1.29 is 18.9 Å². The molecular weight excluding hydrogens is 352 g/mol. The number of carbonyl (C=O) groups is 2. The van der Waals surface area contributed by atoms with Crippen LogP contribution < -0.4 is 4.74 Å². The van der Waals surface area contributed by atoms with Gasteiger partial charge in [0.2, 0.25) is 0 Å². The maximum atomic E-state index is 13.1. The summed E-state index contributed by atoms with van der Waals surface area (Å²) in [6, 6.07) is 14.2. The molecule has 2 aliphatic rings. The van der Waals surface area contributed by atoms with Crippen molar-refractivity contribution in [1.29, 1.82) is 0 Å². The van der Waals surface area contributed by atoms with Gasteiger partial charge in [-0.25, -0.2) is 4.79 Å². The number of rotatable bonds is 3. The van der Waals surface area contributed by atoms with E-state index in [-0.39, 0.29) is 18.0 Å². The molecule has 4 rings (SSSR count). The number of hydrogen-bond donors (Lipinski definition) is 0. The summed E-state index contributed by atoms with van der Waals surface area (Å²) in [7, 11) is 0. The Balaban J connectivity index is 1.87. The summed E-state index contributed by atoms with van der Waals surface area (Å²) in [5.74, 6) is 0.309. The van der Waals surface area contributed by atoms with Gasteiger partial charge in [-0.2, -0.15) is 14.3 Å². The number of amides is 3. The van der Waals surface area contributed by atoms with Crippen molar-refractivity contribution >= 4 is 29.3 Å². The molecule has 0 aromatic heterocycles. The first-order valence-electron chi connectivity index (χ1n) is 8.49. The highest BCUT2D eigenvalue weighted by atomic mass is 35.5. The molecule has 0 aliphatic carbocycles. The Morgan fingerprint density at radius 1 is 1.12 bits per heavy atom. The van der Waals surface area contributed by atoms with Crippen LogP contribution in [0.1, 0.15) is 25.0 Å². The average molecular weight is 370 g/mol. The summed E-state index contributed by atoms with van der Waals surface area (Å²) in [5.41, 5.74) is 2.33. The van der Waals surface area contributed by atoms with Gasteiger partial charge in [-0.05, 0) is 43.7 Å². The molecule has 0 saturated carbocycles. The van der Waals surface area contributed by atoms with Gasteiger partial charge in [-0.15, -0.1) is 0 Å². The fourth-order valence-corrected chi connectivity index (χ4v) is 3.54. The van der Waals surface area contributed by atoms with Crippen LogP contribution >= 0.6 is 11.6 Å². The van der Waals surface area contributed by atoms with E-state index in [2.05, 4.69) is 0 Å². The molecule has 0 fully saturated rings. The molecule has 132 valence electrons. The molecule has 5 nitrogen and oxygen atoms in total. The third-order valence-electron chi connectivity index (χ3n) is 4.62. The van der Waals surface area contributed by atoms with Crippen molar-refractivity contribution in [3.05, 3.63) is 64.7 Å². The van der Waals surface area contributed by atoms with E-state index in [0.717, 1.165) is 11.1 Å². The van der Waals surface area contributed by atoms with Crippen LogP contribution in [0.2, 0.25) is 5.02 Å². The van der Waals surface area contributed by atoms with Crippen molar-refractivity contribution in [2.75, 3.05) is 0 Å². The Hall–Kier alpha value is -2.66. The lowest BCUT2D eigenvalue weighted by Crippen LogP contribution is -2.59. The van der Waals surface area contributed by atoms with Crippen molar-refractivity contribution in [2.45, 2.75) is 32.5 Å². The number of urea groups is 1. The highest BCUT2D eigenvalue weighted by molar-refractivity contribution is 6.30. The van der Waals surface area contributed by atoms with Crippen LogP contribution in [0.4, 0.5) is 4.79 Å². The summed E-state index contributed by atoms with van der Waals surface area (Å²) in [6.07, 6.45) is -0.792. The van der Waals surface area contributed by atoms with Gasteiger partial charge >= 0.3 is 11.9 Å². The van der Waals surface area contributed by atoms with Gasteiger partial charge < -0.3 is 4.74 Å². The number of carbonyl (C=O) groups excluding carboxylic acids is 2. The first-order chi connectivity index (χ1) is 12.5. The number of nitrogens with zero attached hydrogens (tertiary/aromatic N) is 2. The second-order valence-electron chi connectivity index (χ2n) is 6.68. The predicted molar refractivity (Wildman–Crippen MR) is 97.8 cm³/mol. The lowest BCUT2D eigenvalue weighted by molar-refractivity contribution is -0.457. The molecular formula is C20H18ClN2O3+. The molecule has 2 heterocycles. The highest BCUT2D eigenvalue weighted by Crippen LogP contribution is 2.33. The Labute approximate surface area is 156 Å². The predicted octanol–water partition coefficient (Wildman–Crippen LogP) is 3.47. The molecule has 0 N–H and O–H groups in total. The Bertz CT molecular complexity index is 934. The quantitative estimate of drug-likeness (QED) is 0.778. The van der Waals surface area contributed by atoms with E-state index < -0.39 is 6.10 Å². The zero-order valence-electron chi connectivity index (χ0n) is 14.5. The highest BCUT2D eigenvalue weighted by Gasteiger charge is 2.54. The molecule has 0 radical (unpaired) electrons. The molecule has 6 heteroatoms. The number of imide groups is 1. The topological polar surface area (TPSA) is 49.6 Å². The van der Waals surface area contributed by atoms with Crippen LogP contribution in [-0.4, -0.2) is 39.3 Å². The van der Waals surface area contributed by atoms with Crippen molar-refractivity contribution in [3.63, 3.8) is 0 Å². The standard InChI is InChI=1S/C20H18ClN2O3/c1-12(2)23-19(24)18-17(15-5-3-4-6-16(15)26-18)22(20(23)25)11-13-7-9-14(21)10-8-13/h3-10,12,18H,11H2,1-2H3/q+1. The summed E-state index contributed by atoms with van der Waals surface area (Å²) >= 11 is 5.96. The minimum Gasteiger partial charge on any atom is -0.469 e. The normalized spacial score (nSPS) is 18.9. The molecule has 0 bridgehead atoms. The van der Waals surface area contributed by atoms with E-state index in [4.69, 9.17) is 16.3 Å². The van der Waals surface area contributed by atoms with Gasteiger partial charge in [0.25, 0.3) is 6.10 Å². The van der Waals surface area contributed by atoms with E-state index in [0.29, 0.717) is 23.0 Å². The Morgan fingerprint density at radius 3 is 2.50 bits per heavy atom. The SMILES string of the molecule is CC(C)N1C(=O)C2Oc3ccccc3C2=[N+](Cc2ccc(Cl)cc2)C1=O. The molecule has 1 unspecified atom stereocenters. The summed E-state index contributed by atoms with van der Waals surface area (Å²) in [6.45, 7) is 3.99. The zero-order valence-corrected chi connectivity index (χ0v) is 15.2. The minimum absolute atomic E-state index is 0.253. The number of hydrogen-bond acceptors (Lipinski definition) is 3. The van der Waals surface area contributed by atoms with Crippen LogP contribution in [0.5, 0.6) is 5.75 Å². The average Bonchev–Trinajstić information content (AvgIpc) is 3.00. The third kappa shape index (κ3) is 2.59. The molecule has 2 aromatic carbocycles. The van der Waals surface area contributed by atoms with E-state index in [9.17, 15) is 9.59 Å². The van der Waals surface area contributed by atoms with Gasteiger partial charge in [0.05, 0.1) is 5.56 Å². The maximum Gasteiger partial charge on any atom is 0.501 e. The van der Waals surface area contributed by atoms with Gasteiger partial charge in [0.15, 0.2) is 5.71 Å². The summed E-state index contributed by atoms with van der Waals surface area (Å²) < 4.78 is 7.54. The monoisotopic (exact) mass is 369 g/mol.